The highest BCUT2D eigenvalue weighted by molar-refractivity contribution is 7.92. The number of hydrogen-bond donors (Lipinski definition) is 0. The summed E-state index contributed by atoms with van der Waals surface area (Å²) in [6, 6.07) is 14.8. The molecular weight excluding hydrogens is 308 g/mol. The van der Waals surface area contributed by atoms with Gasteiger partial charge in [-0.25, -0.2) is 8.42 Å². The summed E-state index contributed by atoms with van der Waals surface area (Å²) in [4.78, 5) is 2.75. The van der Waals surface area contributed by atoms with Gasteiger partial charge in [-0.2, -0.15) is 0 Å². The number of anilines is 1. The summed E-state index contributed by atoms with van der Waals surface area (Å²) in [5, 5.41) is 0. The predicted octanol–water partition coefficient (Wildman–Crippen LogP) is 2.81. The van der Waals surface area contributed by atoms with E-state index in [2.05, 4.69) is 17.9 Å². The van der Waals surface area contributed by atoms with Crippen LogP contribution in [0, 0.1) is 0 Å². The molecule has 1 unspecified atom stereocenters. The van der Waals surface area contributed by atoms with Crippen molar-refractivity contribution in [2.75, 3.05) is 23.9 Å². The zero-order valence-electron chi connectivity index (χ0n) is 13.1. The maximum absolute atomic E-state index is 13.1. The van der Waals surface area contributed by atoms with Crippen molar-refractivity contribution in [3.8, 4) is 0 Å². The van der Waals surface area contributed by atoms with E-state index in [1.807, 2.05) is 18.2 Å². The lowest BCUT2D eigenvalue weighted by Crippen LogP contribution is -2.35. The fraction of sp³-hybridized carbons (Fsp3) is 0.333. The molecule has 5 heteroatoms. The molecule has 2 aromatic rings. The van der Waals surface area contributed by atoms with Crippen molar-refractivity contribution in [1.29, 1.82) is 0 Å². The largest absolute Gasteiger partial charge is 0.299 e. The first-order valence-electron chi connectivity index (χ1n) is 8.03. The SMILES string of the molecule is CCN1Cc2cccc3c2C(C1)CN3S(=O)(=O)c1ccccc1. The third-order valence-electron chi connectivity index (χ3n) is 4.89. The van der Waals surface area contributed by atoms with Gasteiger partial charge in [-0.05, 0) is 35.9 Å². The zero-order valence-corrected chi connectivity index (χ0v) is 14.0. The second-order valence-electron chi connectivity index (χ2n) is 6.22. The molecule has 2 aromatic carbocycles. The van der Waals surface area contributed by atoms with E-state index in [-0.39, 0.29) is 5.92 Å². The minimum absolute atomic E-state index is 0.272. The third-order valence-corrected chi connectivity index (χ3v) is 6.68. The van der Waals surface area contributed by atoms with Crippen LogP contribution in [-0.4, -0.2) is 33.0 Å². The molecule has 1 atom stereocenters. The van der Waals surface area contributed by atoms with Crippen LogP contribution in [0.15, 0.2) is 53.4 Å². The lowest BCUT2D eigenvalue weighted by Gasteiger charge is -2.30. The Morgan fingerprint density at radius 1 is 1.04 bits per heavy atom. The van der Waals surface area contributed by atoms with Gasteiger partial charge in [0.25, 0.3) is 10.0 Å². The highest BCUT2D eigenvalue weighted by Crippen LogP contribution is 2.44. The van der Waals surface area contributed by atoms with Gasteiger partial charge in [-0.15, -0.1) is 0 Å². The molecule has 0 aromatic heterocycles. The highest BCUT2D eigenvalue weighted by Gasteiger charge is 2.40. The standard InChI is InChI=1S/C18H20N2O2S/c1-2-19-11-14-7-6-10-17-18(14)15(12-19)13-20(17)23(21,22)16-8-4-3-5-9-16/h3-10,15H,2,11-13H2,1H3. The van der Waals surface area contributed by atoms with E-state index in [4.69, 9.17) is 0 Å². The summed E-state index contributed by atoms with van der Waals surface area (Å²) >= 11 is 0. The molecule has 4 rings (SSSR count). The fourth-order valence-corrected chi connectivity index (χ4v) is 5.32. The maximum atomic E-state index is 13.1. The van der Waals surface area contributed by atoms with Crippen molar-refractivity contribution < 1.29 is 8.42 Å². The van der Waals surface area contributed by atoms with Crippen LogP contribution in [0.2, 0.25) is 0 Å². The Morgan fingerprint density at radius 2 is 1.83 bits per heavy atom. The van der Waals surface area contributed by atoms with E-state index in [0.29, 0.717) is 11.4 Å². The number of hydrogen-bond acceptors (Lipinski definition) is 3. The van der Waals surface area contributed by atoms with Crippen LogP contribution in [0.4, 0.5) is 5.69 Å². The number of likely N-dealkylation sites (N-methyl/N-ethyl adjacent to an activating group) is 1. The fourth-order valence-electron chi connectivity index (χ4n) is 3.77. The van der Waals surface area contributed by atoms with Gasteiger partial charge in [0.05, 0.1) is 10.6 Å². The normalized spacial score (nSPS) is 20.6. The molecule has 2 aliphatic heterocycles. The lowest BCUT2D eigenvalue weighted by atomic mass is 9.91. The number of nitrogens with zero attached hydrogens (tertiary/aromatic N) is 2. The van der Waals surface area contributed by atoms with Crippen molar-refractivity contribution in [2.24, 2.45) is 0 Å². The molecule has 2 aliphatic rings. The Labute approximate surface area is 137 Å². The molecule has 0 spiro atoms. The van der Waals surface area contributed by atoms with Gasteiger partial charge in [0.2, 0.25) is 0 Å². The van der Waals surface area contributed by atoms with E-state index >= 15 is 0 Å². The van der Waals surface area contributed by atoms with Crippen LogP contribution in [0.25, 0.3) is 0 Å². The molecule has 2 heterocycles. The highest BCUT2D eigenvalue weighted by atomic mass is 32.2. The number of sulfonamides is 1. The maximum Gasteiger partial charge on any atom is 0.264 e. The van der Waals surface area contributed by atoms with Crippen molar-refractivity contribution in [3.05, 3.63) is 59.7 Å². The van der Waals surface area contributed by atoms with E-state index in [1.54, 1.807) is 28.6 Å². The van der Waals surface area contributed by atoms with Crippen molar-refractivity contribution in [1.82, 2.24) is 4.90 Å². The molecule has 0 amide bonds. The van der Waals surface area contributed by atoms with Crippen molar-refractivity contribution in [2.45, 2.75) is 24.3 Å². The van der Waals surface area contributed by atoms with Gasteiger partial charge in [-0.1, -0.05) is 37.3 Å². The molecule has 4 nitrogen and oxygen atoms in total. The summed E-state index contributed by atoms with van der Waals surface area (Å²) in [5.41, 5.74) is 3.37. The van der Waals surface area contributed by atoms with Gasteiger partial charge >= 0.3 is 0 Å². The quantitative estimate of drug-likeness (QED) is 0.870. The summed E-state index contributed by atoms with van der Waals surface area (Å²) in [6.45, 7) is 5.53. The van der Waals surface area contributed by atoms with Gasteiger partial charge in [0.1, 0.15) is 0 Å². The minimum atomic E-state index is -3.49. The van der Waals surface area contributed by atoms with Crippen LogP contribution in [0.3, 0.4) is 0 Å². The smallest absolute Gasteiger partial charge is 0.264 e. The van der Waals surface area contributed by atoms with Crippen LogP contribution < -0.4 is 4.31 Å². The number of benzene rings is 2. The molecule has 0 fully saturated rings. The lowest BCUT2D eigenvalue weighted by molar-refractivity contribution is 0.248. The zero-order chi connectivity index (χ0) is 16.0. The monoisotopic (exact) mass is 328 g/mol. The Morgan fingerprint density at radius 3 is 2.57 bits per heavy atom. The predicted molar refractivity (Wildman–Crippen MR) is 91.1 cm³/mol. The Balaban J connectivity index is 1.80. The Hall–Kier alpha value is -1.85. The summed E-state index contributed by atoms with van der Waals surface area (Å²) < 4.78 is 27.7. The van der Waals surface area contributed by atoms with E-state index in [9.17, 15) is 8.42 Å². The second kappa shape index (κ2) is 5.35. The molecule has 23 heavy (non-hydrogen) atoms. The summed E-state index contributed by atoms with van der Waals surface area (Å²) in [5.74, 6) is 0.272. The molecule has 0 radical (unpaired) electrons. The Bertz CT molecular complexity index is 833. The molecule has 0 bridgehead atoms. The van der Waals surface area contributed by atoms with Crippen LogP contribution >= 0.6 is 0 Å². The average Bonchev–Trinajstić information content (AvgIpc) is 2.97. The first-order chi connectivity index (χ1) is 11.1. The van der Waals surface area contributed by atoms with Crippen molar-refractivity contribution >= 4 is 15.7 Å². The van der Waals surface area contributed by atoms with Gasteiger partial charge in [0.15, 0.2) is 0 Å². The van der Waals surface area contributed by atoms with Gasteiger partial charge in [0, 0.05) is 25.6 Å². The van der Waals surface area contributed by atoms with E-state index < -0.39 is 10.0 Å². The molecule has 0 saturated heterocycles. The second-order valence-corrected chi connectivity index (χ2v) is 8.09. The van der Waals surface area contributed by atoms with Crippen molar-refractivity contribution in [3.63, 3.8) is 0 Å². The molecular formula is C18H20N2O2S. The molecule has 120 valence electrons. The van der Waals surface area contributed by atoms with Crippen LogP contribution in [0.1, 0.15) is 24.0 Å². The molecule has 0 N–H and O–H groups in total. The third kappa shape index (κ3) is 2.26. The first-order valence-corrected chi connectivity index (χ1v) is 9.47. The summed E-state index contributed by atoms with van der Waals surface area (Å²) in [7, 11) is -3.49. The van der Waals surface area contributed by atoms with Gasteiger partial charge in [-0.3, -0.25) is 9.21 Å². The number of rotatable bonds is 3. The molecule has 0 aliphatic carbocycles. The van der Waals surface area contributed by atoms with E-state index in [1.165, 1.54) is 11.1 Å². The molecule has 0 saturated carbocycles. The first kappa shape index (κ1) is 14.7. The van der Waals surface area contributed by atoms with Gasteiger partial charge < -0.3 is 0 Å². The minimum Gasteiger partial charge on any atom is -0.299 e. The summed E-state index contributed by atoms with van der Waals surface area (Å²) in [6.07, 6.45) is 0. The average molecular weight is 328 g/mol. The topological polar surface area (TPSA) is 40.6 Å². The van der Waals surface area contributed by atoms with E-state index in [0.717, 1.165) is 25.3 Å². The van der Waals surface area contributed by atoms with Crippen LogP contribution in [0.5, 0.6) is 0 Å². The Kier molecular flexibility index (Phi) is 3.43. The van der Waals surface area contributed by atoms with Crippen LogP contribution in [-0.2, 0) is 16.6 Å².